The van der Waals surface area contributed by atoms with Crippen molar-refractivity contribution in [3.05, 3.63) is 0 Å². The van der Waals surface area contributed by atoms with Crippen molar-refractivity contribution in [2.24, 2.45) is 0 Å². The van der Waals surface area contributed by atoms with Crippen molar-refractivity contribution in [1.82, 2.24) is 0 Å². The van der Waals surface area contributed by atoms with E-state index in [0.29, 0.717) is 0 Å². The van der Waals surface area contributed by atoms with Crippen LogP contribution in [0.4, 0.5) is 0 Å². The first-order valence-corrected chi connectivity index (χ1v) is 0.908. The van der Waals surface area contributed by atoms with Crippen LogP contribution >= 0.6 is 0 Å². The van der Waals surface area contributed by atoms with Crippen molar-refractivity contribution >= 4 is 5.97 Å². The van der Waals surface area contributed by atoms with Crippen LogP contribution in [0.5, 0.6) is 0 Å². The molecular weight excluding hydrogens is 195 g/mol. The van der Waals surface area contributed by atoms with Crippen LogP contribution in [-0.4, -0.2) is 22.4 Å². The normalized spacial score (nSPS) is 3.12. The molecular formula is C2H6O5Zr. The Morgan fingerprint density at radius 2 is 1.25 bits per heavy atom. The Kier molecular flexibility index (Phi) is 138. The van der Waals surface area contributed by atoms with Crippen LogP contribution < -0.4 is 5.11 Å². The Balaban J connectivity index is -0.00000000750. The van der Waals surface area contributed by atoms with E-state index >= 15 is 0 Å². The molecule has 0 radical (unpaired) electrons. The van der Waals surface area contributed by atoms with Gasteiger partial charge in [-0.15, -0.1) is 0 Å². The molecule has 0 rings (SSSR count). The van der Waals surface area contributed by atoms with Gasteiger partial charge in [-0.25, -0.2) is 0 Å². The van der Waals surface area contributed by atoms with E-state index in [-0.39, 0.29) is 42.6 Å². The Bertz CT molecular complexity index is 33.4. The average molecular weight is 201 g/mol. The number of carbonyl (C=O) groups excluding carboxylic acids is 1. The summed E-state index contributed by atoms with van der Waals surface area (Å²) in [5, 5.41) is 8.89. The summed E-state index contributed by atoms with van der Waals surface area (Å²) in [4.78, 5) is 8.89. The van der Waals surface area contributed by atoms with Gasteiger partial charge < -0.3 is 26.3 Å². The fraction of sp³-hybridized carbons (Fsp3) is 0.500. The summed E-state index contributed by atoms with van der Waals surface area (Å²) < 4.78 is 0. The second-order valence-corrected chi connectivity index (χ2v) is 0.492. The molecule has 0 spiro atoms. The Morgan fingerprint density at radius 3 is 1.25 bits per heavy atom. The smallest absolute Gasteiger partial charge is 0.870 e. The van der Waals surface area contributed by atoms with E-state index in [9.17, 15) is 0 Å². The van der Waals surface area contributed by atoms with Crippen molar-refractivity contribution < 1.29 is 52.5 Å². The molecule has 6 heteroatoms. The third kappa shape index (κ3) is 3140. The monoisotopic (exact) mass is 200 g/mol. The minimum atomic E-state index is -1.08. The van der Waals surface area contributed by atoms with E-state index in [4.69, 9.17) is 9.90 Å². The number of carboxylic acid groups (broad SMARTS) is 1. The van der Waals surface area contributed by atoms with Crippen LogP contribution in [0.25, 0.3) is 0 Å². The molecule has 3 N–H and O–H groups in total. The molecule has 48 valence electrons. The van der Waals surface area contributed by atoms with Crippen molar-refractivity contribution in [1.29, 1.82) is 0 Å². The van der Waals surface area contributed by atoms with Gasteiger partial charge in [0.1, 0.15) is 0 Å². The van der Waals surface area contributed by atoms with Crippen molar-refractivity contribution in [2.75, 3.05) is 0 Å². The van der Waals surface area contributed by atoms with E-state index in [2.05, 4.69) is 0 Å². The van der Waals surface area contributed by atoms with E-state index in [1.54, 1.807) is 0 Å². The van der Waals surface area contributed by atoms with E-state index in [1.807, 2.05) is 0 Å². The quantitative estimate of drug-likeness (QED) is 0.457. The minimum Gasteiger partial charge on any atom is -0.870 e. The largest absolute Gasteiger partial charge is 4.00 e. The summed E-state index contributed by atoms with van der Waals surface area (Å²) in [6, 6.07) is 0. The maximum Gasteiger partial charge on any atom is 4.00 e. The van der Waals surface area contributed by atoms with Gasteiger partial charge in [-0.3, -0.25) is 0 Å². The molecule has 0 amide bonds. The zero-order valence-electron chi connectivity index (χ0n) is 4.16. The molecule has 0 bridgehead atoms. The molecule has 8 heavy (non-hydrogen) atoms. The number of hydrogen-bond donors (Lipinski definition) is 0. The third-order valence-electron chi connectivity index (χ3n) is 0. The molecule has 0 aromatic rings. The van der Waals surface area contributed by atoms with Gasteiger partial charge in [0, 0.05) is 5.97 Å². The second-order valence-electron chi connectivity index (χ2n) is 0.492. The predicted octanol–water partition coefficient (Wildman–Crippen LogP) is -1.78. The van der Waals surface area contributed by atoms with E-state index < -0.39 is 5.97 Å². The average Bonchev–Trinajstić information content (AvgIpc) is 0.811. The number of rotatable bonds is 0. The fourth-order valence-electron chi connectivity index (χ4n) is 0. The summed E-state index contributed by atoms with van der Waals surface area (Å²) >= 11 is 0. The zero-order valence-corrected chi connectivity index (χ0v) is 6.62. The first-order valence-electron chi connectivity index (χ1n) is 0.908. The number of hydrogen-bond acceptors (Lipinski definition) is 5. The topological polar surface area (TPSA) is 130 Å². The van der Waals surface area contributed by atoms with Gasteiger partial charge >= 0.3 is 26.2 Å². The molecule has 0 fully saturated rings. The Morgan fingerprint density at radius 1 is 1.25 bits per heavy atom. The molecule has 0 heterocycles. The maximum absolute atomic E-state index is 8.89. The molecule has 0 aliphatic carbocycles. The summed E-state index contributed by atoms with van der Waals surface area (Å²) in [6.45, 7) is 0.972. The number of aliphatic carboxylic acids is 1. The Labute approximate surface area is 65.8 Å². The van der Waals surface area contributed by atoms with Crippen LogP contribution in [0, 0.1) is 0 Å². The molecule has 0 aliphatic rings. The molecule has 0 aromatic heterocycles. The van der Waals surface area contributed by atoms with Gasteiger partial charge in [0.05, 0.1) is 0 Å². The van der Waals surface area contributed by atoms with Crippen LogP contribution in [-0.2, 0) is 31.0 Å². The summed E-state index contributed by atoms with van der Waals surface area (Å²) in [5.74, 6) is -1.08. The fourth-order valence-corrected chi connectivity index (χ4v) is 0. The van der Waals surface area contributed by atoms with Crippen LogP contribution in [0.1, 0.15) is 6.92 Å². The predicted molar refractivity (Wildman–Crippen MR) is 16.5 cm³/mol. The number of carbonyl (C=O) groups is 1. The van der Waals surface area contributed by atoms with Crippen LogP contribution in [0.15, 0.2) is 0 Å². The van der Waals surface area contributed by atoms with Gasteiger partial charge in [-0.2, -0.15) is 0 Å². The molecule has 0 saturated heterocycles. The summed E-state index contributed by atoms with van der Waals surface area (Å²) in [6.07, 6.45) is 0. The summed E-state index contributed by atoms with van der Waals surface area (Å²) in [5.41, 5.74) is 0. The Hall–Kier alpha value is 0.233. The molecule has 0 aliphatic heterocycles. The maximum atomic E-state index is 8.89. The van der Waals surface area contributed by atoms with Crippen molar-refractivity contribution in [3.8, 4) is 0 Å². The standard InChI is InChI=1S/C2H4O2.3H2O.Zr/c1-2(3)4;;;;/h1H3,(H,3,4);3*1H2;/q;;;;+4/p-4. The molecule has 0 atom stereocenters. The molecule has 0 aromatic carbocycles. The molecule has 0 saturated carbocycles. The van der Waals surface area contributed by atoms with E-state index in [1.165, 1.54) is 0 Å². The van der Waals surface area contributed by atoms with Crippen LogP contribution in [0.3, 0.4) is 0 Å². The van der Waals surface area contributed by atoms with Gasteiger partial charge in [0.2, 0.25) is 0 Å². The van der Waals surface area contributed by atoms with E-state index in [0.717, 1.165) is 6.92 Å². The van der Waals surface area contributed by atoms with Crippen LogP contribution in [0.2, 0.25) is 0 Å². The van der Waals surface area contributed by atoms with Gasteiger partial charge in [-0.1, -0.05) is 0 Å². The third-order valence-corrected chi connectivity index (χ3v) is 0. The van der Waals surface area contributed by atoms with Gasteiger partial charge in [0.15, 0.2) is 0 Å². The van der Waals surface area contributed by atoms with Gasteiger partial charge in [0.25, 0.3) is 0 Å². The first-order chi connectivity index (χ1) is 1.73. The van der Waals surface area contributed by atoms with Crippen molar-refractivity contribution in [2.45, 2.75) is 6.92 Å². The summed E-state index contributed by atoms with van der Waals surface area (Å²) in [7, 11) is 0. The SMILES string of the molecule is CC(=O)[O-].[OH-].[OH-].[OH-].[Zr+4]. The number of carboxylic acids is 1. The van der Waals surface area contributed by atoms with Crippen molar-refractivity contribution in [3.63, 3.8) is 0 Å². The molecule has 0 unspecified atom stereocenters. The zero-order chi connectivity index (χ0) is 3.58. The minimum absolute atomic E-state index is 0. The van der Waals surface area contributed by atoms with Gasteiger partial charge in [-0.05, 0) is 6.92 Å². The second kappa shape index (κ2) is 26.9. The first kappa shape index (κ1) is 41.2. The molecule has 5 nitrogen and oxygen atoms in total.